The van der Waals surface area contributed by atoms with Gasteiger partial charge >= 0.3 is 0 Å². The van der Waals surface area contributed by atoms with Crippen molar-refractivity contribution in [1.29, 1.82) is 0 Å². The number of allylic oxidation sites excluding steroid dienone is 3. The number of aliphatic hydroxyl groups excluding tert-OH is 1. The third kappa shape index (κ3) is 3.75. The fourth-order valence-corrected chi connectivity index (χ4v) is 3.89. The third-order valence-electron chi connectivity index (χ3n) is 5.56. The highest BCUT2D eigenvalue weighted by atomic mass is 16.3. The van der Waals surface area contributed by atoms with E-state index in [0.717, 1.165) is 39.2 Å². The Balaban J connectivity index is 1.87. The molecule has 0 spiro atoms. The van der Waals surface area contributed by atoms with Crippen molar-refractivity contribution in [3.05, 3.63) is 102 Å². The summed E-state index contributed by atoms with van der Waals surface area (Å²) in [4.78, 5) is 0. The highest BCUT2D eigenvalue weighted by Gasteiger charge is 2.34. The zero-order valence-corrected chi connectivity index (χ0v) is 16.2. The molecular weight excluding hydrogens is 358 g/mol. The summed E-state index contributed by atoms with van der Waals surface area (Å²) in [5, 5.41) is 10.5. The fourth-order valence-electron chi connectivity index (χ4n) is 3.89. The van der Waals surface area contributed by atoms with Crippen LogP contribution in [-0.2, 0) is 5.41 Å². The molecule has 0 bridgehead atoms. The van der Waals surface area contributed by atoms with Gasteiger partial charge in [0.05, 0.1) is 6.61 Å². The summed E-state index contributed by atoms with van der Waals surface area (Å²) in [7, 11) is 0. The molecule has 4 heteroatoms. The average molecular weight is 383 g/mol. The van der Waals surface area contributed by atoms with Crippen LogP contribution in [-0.4, -0.2) is 11.7 Å². The smallest absolute Gasteiger partial charge is 0.0566 e. The zero-order valence-electron chi connectivity index (χ0n) is 16.2. The van der Waals surface area contributed by atoms with Gasteiger partial charge in [-0.25, -0.2) is 0 Å². The molecule has 1 unspecified atom stereocenters. The number of hydrogen-bond acceptors (Lipinski definition) is 4. The summed E-state index contributed by atoms with van der Waals surface area (Å²) in [5.41, 5.74) is 24.6. The van der Waals surface area contributed by atoms with Crippen molar-refractivity contribution in [3.63, 3.8) is 0 Å². The first-order chi connectivity index (χ1) is 14.0. The van der Waals surface area contributed by atoms with E-state index in [-0.39, 0.29) is 6.61 Å². The molecule has 0 aliphatic heterocycles. The van der Waals surface area contributed by atoms with Crippen LogP contribution in [0.3, 0.4) is 0 Å². The largest absolute Gasteiger partial charge is 0.399 e. The SMILES string of the molecule is Nc1ccc(C2=CC(CO)(c3ccc(N)cc3)CC(c3ccc(N)cc3)=C2)cc1. The molecule has 0 saturated carbocycles. The van der Waals surface area contributed by atoms with Crippen LogP contribution >= 0.6 is 0 Å². The zero-order chi connectivity index (χ0) is 20.4. The second kappa shape index (κ2) is 7.49. The molecule has 3 aromatic rings. The Morgan fingerprint density at radius 3 is 1.69 bits per heavy atom. The molecule has 1 atom stereocenters. The molecule has 1 aliphatic carbocycles. The second-order valence-corrected chi connectivity index (χ2v) is 7.63. The maximum atomic E-state index is 10.5. The van der Waals surface area contributed by atoms with E-state index in [1.807, 2.05) is 72.8 Å². The van der Waals surface area contributed by atoms with Gasteiger partial charge in [0, 0.05) is 22.5 Å². The minimum absolute atomic E-state index is 0.0122. The molecule has 1 aliphatic rings. The first-order valence-electron chi connectivity index (χ1n) is 9.61. The lowest BCUT2D eigenvalue weighted by Gasteiger charge is -2.35. The highest BCUT2D eigenvalue weighted by molar-refractivity contribution is 5.88. The molecule has 0 radical (unpaired) electrons. The molecule has 146 valence electrons. The Hall–Kier alpha value is -3.50. The van der Waals surface area contributed by atoms with E-state index in [9.17, 15) is 5.11 Å². The van der Waals surface area contributed by atoms with Crippen molar-refractivity contribution in [2.45, 2.75) is 11.8 Å². The van der Waals surface area contributed by atoms with Crippen LogP contribution in [0.15, 0.2) is 84.9 Å². The van der Waals surface area contributed by atoms with Crippen LogP contribution < -0.4 is 17.2 Å². The predicted molar refractivity (Wildman–Crippen MR) is 122 cm³/mol. The summed E-state index contributed by atoms with van der Waals surface area (Å²) in [6, 6.07) is 23.4. The second-order valence-electron chi connectivity index (χ2n) is 7.63. The van der Waals surface area contributed by atoms with Crippen molar-refractivity contribution in [1.82, 2.24) is 0 Å². The number of nitrogens with two attached hydrogens (primary N) is 3. The molecule has 0 aromatic heterocycles. The first kappa shape index (κ1) is 18.8. The van der Waals surface area contributed by atoms with Crippen LogP contribution in [0, 0.1) is 0 Å². The maximum Gasteiger partial charge on any atom is 0.0566 e. The molecule has 3 aromatic carbocycles. The van der Waals surface area contributed by atoms with E-state index in [2.05, 4.69) is 12.2 Å². The normalized spacial score (nSPS) is 18.8. The number of nitrogen functional groups attached to an aromatic ring is 3. The predicted octanol–water partition coefficient (Wildman–Crippen LogP) is 4.23. The van der Waals surface area contributed by atoms with E-state index in [1.54, 1.807) is 0 Å². The number of rotatable bonds is 4. The summed E-state index contributed by atoms with van der Waals surface area (Å²) in [6.45, 7) is -0.0122. The molecule has 29 heavy (non-hydrogen) atoms. The molecule has 7 N–H and O–H groups in total. The van der Waals surface area contributed by atoms with Gasteiger partial charge in [-0.3, -0.25) is 0 Å². The minimum atomic E-state index is -0.546. The van der Waals surface area contributed by atoms with Crippen LogP contribution in [0.2, 0.25) is 0 Å². The van der Waals surface area contributed by atoms with Gasteiger partial charge in [0.1, 0.15) is 0 Å². The third-order valence-corrected chi connectivity index (χ3v) is 5.56. The monoisotopic (exact) mass is 383 g/mol. The van der Waals surface area contributed by atoms with Crippen LogP contribution in [0.4, 0.5) is 17.1 Å². The van der Waals surface area contributed by atoms with Crippen LogP contribution in [0.25, 0.3) is 11.1 Å². The topological polar surface area (TPSA) is 98.3 Å². The van der Waals surface area contributed by atoms with Gasteiger partial charge in [-0.05, 0) is 70.7 Å². The number of benzene rings is 3. The number of aliphatic hydroxyl groups is 1. The van der Waals surface area contributed by atoms with Crippen molar-refractivity contribution >= 4 is 28.2 Å². The molecule has 0 fully saturated rings. The average Bonchev–Trinajstić information content (AvgIpc) is 2.75. The molecule has 4 nitrogen and oxygen atoms in total. The van der Waals surface area contributed by atoms with Crippen molar-refractivity contribution < 1.29 is 5.11 Å². The van der Waals surface area contributed by atoms with Gasteiger partial charge in [0.15, 0.2) is 0 Å². The Kier molecular flexibility index (Phi) is 4.87. The Bertz CT molecular complexity index is 1060. The lowest BCUT2D eigenvalue weighted by Crippen LogP contribution is -2.31. The van der Waals surface area contributed by atoms with Gasteiger partial charge in [0.25, 0.3) is 0 Å². The van der Waals surface area contributed by atoms with E-state index < -0.39 is 5.41 Å². The van der Waals surface area contributed by atoms with E-state index in [4.69, 9.17) is 17.2 Å². The van der Waals surface area contributed by atoms with E-state index in [0.29, 0.717) is 12.1 Å². The van der Waals surface area contributed by atoms with Gasteiger partial charge in [0.2, 0.25) is 0 Å². The van der Waals surface area contributed by atoms with Gasteiger partial charge in [-0.2, -0.15) is 0 Å². The lowest BCUT2D eigenvalue weighted by atomic mass is 9.70. The molecular formula is C25H25N3O. The Morgan fingerprint density at radius 2 is 1.17 bits per heavy atom. The van der Waals surface area contributed by atoms with Gasteiger partial charge in [-0.15, -0.1) is 0 Å². The summed E-state index contributed by atoms with van der Waals surface area (Å²) >= 11 is 0. The number of anilines is 3. The summed E-state index contributed by atoms with van der Waals surface area (Å²) in [5.74, 6) is 0. The van der Waals surface area contributed by atoms with E-state index in [1.165, 1.54) is 0 Å². The van der Waals surface area contributed by atoms with Crippen LogP contribution in [0.5, 0.6) is 0 Å². The molecule has 4 rings (SSSR count). The Labute approximate surface area is 171 Å². The maximum absolute atomic E-state index is 10.5. The van der Waals surface area contributed by atoms with E-state index >= 15 is 0 Å². The quantitative estimate of drug-likeness (QED) is 0.507. The molecule has 0 saturated heterocycles. The summed E-state index contributed by atoms with van der Waals surface area (Å²) in [6.07, 6.45) is 5.02. The van der Waals surface area contributed by atoms with Crippen molar-refractivity contribution in [2.24, 2.45) is 0 Å². The Morgan fingerprint density at radius 1 is 0.690 bits per heavy atom. The van der Waals surface area contributed by atoms with Crippen molar-refractivity contribution in [3.8, 4) is 0 Å². The first-order valence-corrected chi connectivity index (χ1v) is 9.61. The van der Waals surface area contributed by atoms with Crippen molar-refractivity contribution in [2.75, 3.05) is 23.8 Å². The lowest BCUT2D eigenvalue weighted by molar-refractivity contribution is 0.227. The minimum Gasteiger partial charge on any atom is -0.399 e. The highest BCUT2D eigenvalue weighted by Crippen LogP contribution is 2.43. The van der Waals surface area contributed by atoms with Gasteiger partial charge in [-0.1, -0.05) is 48.6 Å². The fraction of sp³-hybridized carbons (Fsp3) is 0.120. The number of hydrogen-bond donors (Lipinski definition) is 4. The van der Waals surface area contributed by atoms with Gasteiger partial charge < -0.3 is 22.3 Å². The molecule has 0 amide bonds. The summed E-state index contributed by atoms with van der Waals surface area (Å²) < 4.78 is 0. The van der Waals surface area contributed by atoms with Crippen LogP contribution in [0.1, 0.15) is 23.1 Å². The molecule has 0 heterocycles. The standard InChI is InChI=1S/C25H25N3O/c26-22-7-1-17(2-8-22)19-13-20(18-3-9-23(27)10-4-18)15-25(14-19,16-29)21-5-11-24(28)12-6-21/h1-14,29H,15-16,26-28H2.